The van der Waals surface area contributed by atoms with Gasteiger partial charge in [0.05, 0.1) is 6.20 Å². The van der Waals surface area contributed by atoms with Gasteiger partial charge in [0.1, 0.15) is 0 Å². The van der Waals surface area contributed by atoms with E-state index in [1.165, 1.54) is 16.7 Å². The van der Waals surface area contributed by atoms with Crippen LogP contribution in [-0.4, -0.2) is 9.78 Å². The number of rotatable bonds is 6. The Hall–Kier alpha value is -1.61. The van der Waals surface area contributed by atoms with E-state index in [4.69, 9.17) is 0 Å². The van der Waals surface area contributed by atoms with Crippen molar-refractivity contribution >= 4 is 0 Å². The molecule has 0 aliphatic carbocycles. The average Bonchev–Trinajstić information content (AvgIpc) is 2.93. The largest absolute Gasteiger partial charge is 0.306 e. The molecule has 3 heteroatoms. The lowest BCUT2D eigenvalue weighted by atomic mass is 10.0. The van der Waals surface area contributed by atoms with Gasteiger partial charge in [-0.3, -0.25) is 4.68 Å². The van der Waals surface area contributed by atoms with Crippen LogP contribution in [-0.2, 0) is 19.5 Å². The van der Waals surface area contributed by atoms with Crippen LogP contribution in [0.2, 0.25) is 0 Å². The van der Waals surface area contributed by atoms with Gasteiger partial charge < -0.3 is 5.32 Å². The summed E-state index contributed by atoms with van der Waals surface area (Å²) in [5.41, 5.74) is 3.96. The Bertz CT molecular complexity index is 499. The van der Waals surface area contributed by atoms with Crippen molar-refractivity contribution in [2.75, 3.05) is 0 Å². The summed E-state index contributed by atoms with van der Waals surface area (Å²) >= 11 is 0. The third-order valence-corrected chi connectivity index (χ3v) is 3.51. The summed E-state index contributed by atoms with van der Waals surface area (Å²) in [6.07, 6.45) is 5.13. The van der Waals surface area contributed by atoms with Crippen molar-refractivity contribution in [3.05, 3.63) is 53.3 Å². The van der Waals surface area contributed by atoms with E-state index in [1.807, 2.05) is 10.9 Å². The Balaban J connectivity index is 1.90. The second-order valence-electron chi connectivity index (χ2n) is 4.90. The molecule has 1 aromatic carbocycles. The Morgan fingerprint density at radius 2 is 1.89 bits per heavy atom. The van der Waals surface area contributed by atoms with Crippen molar-refractivity contribution in [1.82, 2.24) is 15.1 Å². The summed E-state index contributed by atoms with van der Waals surface area (Å²) in [6, 6.07) is 9.21. The summed E-state index contributed by atoms with van der Waals surface area (Å²) in [7, 11) is 0. The Kier molecular flexibility index (Phi) is 4.74. The normalized spacial score (nSPS) is 12.6. The molecule has 19 heavy (non-hydrogen) atoms. The van der Waals surface area contributed by atoms with E-state index in [-0.39, 0.29) is 0 Å². The van der Waals surface area contributed by atoms with Gasteiger partial charge in [0.15, 0.2) is 0 Å². The number of benzene rings is 1. The average molecular weight is 257 g/mol. The summed E-state index contributed by atoms with van der Waals surface area (Å²) < 4.78 is 1.96. The minimum absolute atomic E-state index is 0.357. The maximum absolute atomic E-state index is 4.28. The molecular weight excluding hydrogens is 234 g/mol. The van der Waals surface area contributed by atoms with Crippen molar-refractivity contribution in [3.8, 4) is 0 Å². The monoisotopic (exact) mass is 257 g/mol. The van der Waals surface area contributed by atoms with E-state index in [0.29, 0.717) is 6.04 Å². The van der Waals surface area contributed by atoms with Crippen LogP contribution in [0.3, 0.4) is 0 Å². The van der Waals surface area contributed by atoms with Crippen LogP contribution in [0, 0.1) is 0 Å². The highest BCUT2D eigenvalue weighted by molar-refractivity contribution is 5.24. The molecule has 2 rings (SSSR count). The Morgan fingerprint density at radius 3 is 2.47 bits per heavy atom. The third-order valence-electron chi connectivity index (χ3n) is 3.51. The molecule has 0 fully saturated rings. The van der Waals surface area contributed by atoms with Crippen LogP contribution < -0.4 is 5.32 Å². The quantitative estimate of drug-likeness (QED) is 0.860. The molecule has 0 saturated heterocycles. The highest BCUT2D eigenvalue weighted by atomic mass is 15.3. The van der Waals surface area contributed by atoms with Gasteiger partial charge in [-0.05, 0) is 31.4 Å². The van der Waals surface area contributed by atoms with Crippen LogP contribution in [0.4, 0.5) is 0 Å². The van der Waals surface area contributed by atoms with Crippen LogP contribution in [0.25, 0.3) is 0 Å². The number of nitrogens with one attached hydrogen (secondary N) is 1. The van der Waals surface area contributed by atoms with E-state index < -0.39 is 0 Å². The molecule has 3 nitrogen and oxygen atoms in total. The molecule has 102 valence electrons. The molecule has 1 heterocycles. The van der Waals surface area contributed by atoms with Crippen molar-refractivity contribution in [3.63, 3.8) is 0 Å². The molecule has 1 N–H and O–H groups in total. The first-order valence-corrected chi connectivity index (χ1v) is 7.06. The van der Waals surface area contributed by atoms with Crippen LogP contribution in [0.15, 0.2) is 36.7 Å². The fourth-order valence-corrected chi connectivity index (χ4v) is 2.10. The molecule has 0 aliphatic rings. The smallest absolute Gasteiger partial charge is 0.0534 e. The summed E-state index contributed by atoms with van der Waals surface area (Å²) in [5, 5.41) is 7.82. The molecule has 0 bridgehead atoms. The van der Waals surface area contributed by atoms with Gasteiger partial charge in [-0.2, -0.15) is 5.10 Å². The number of nitrogens with zero attached hydrogens (tertiary/aromatic N) is 2. The topological polar surface area (TPSA) is 29.9 Å². The van der Waals surface area contributed by atoms with Gasteiger partial charge in [0.2, 0.25) is 0 Å². The van der Waals surface area contributed by atoms with E-state index in [9.17, 15) is 0 Å². The highest BCUT2D eigenvalue weighted by Gasteiger charge is 2.05. The van der Waals surface area contributed by atoms with E-state index in [2.05, 4.69) is 61.6 Å². The molecule has 1 unspecified atom stereocenters. The fourth-order valence-electron chi connectivity index (χ4n) is 2.10. The number of hydrogen-bond acceptors (Lipinski definition) is 2. The molecule has 0 saturated carbocycles. The number of aryl methyl sites for hydroxylation is 2. The van der Waals surface area contributed by atoms with Gasteiger partial charge in [0.25, 0.3) is 0 Å². The predicted octanol–water partition coefficient (Wildman–Crippen LogP) is 3.32. The first kappa shape index (κ1) is 13.8. The van der Waals surface area contributed by atoms with Crippen molar-refractivity contribution < 1.29 is 0 Å². The SMILES string of the molecule is CCc1ccc(C(C)NCc2cnn(CC)c2)cc1. The van der Waals surface area contributed by atoms with E-state index in [0.717, 1.165) is 19.5 Å². The predicted molar refractivity (Wildman–Crippen MR) is 79.0 cm³/mol. The molecule has 1 atom stereocenters. The zero-order valence-electron chi connectivity index (χ0n) is 12.1. The Morgan fingerprint density at radius 1 is 1.16 bits per heavy atom. The van der Waals surface area contributed by atoms with Crippen LogP contribution in [0.1, 0.15) is 43.5 Å². The van der Waals surface area contributed by atoms with Crippen LogP contribution >= 0.6 is 0 Å². The highest BCUT2D eigenvalue weighted by Crippen LogP contribution is 2.14. The lowest BCUT2D eigenvalue weighted by molar-refractivity contribution is 0.573. The van der Waals surface area contributed by atoms with E-state index >= 15 is 0 Å². The molecule has 0 radical (unpaired) electrons. The van der Waals surface area contributed by atoms with Gasteiger partial charge in [-0.25, -0.2) is 0 Å². The molecule has 0 spiro atoms. The minimum Gasteiger partial charge on any atom is -0.306 e. The zero-order chi connectivity index (χ0) is 13.7. The lowest BCUT2D eigenvalue weighted by Crippen LogP contribution is -2.17. The van der Waals surface area contributed by atoms with Crippen molar-refractivity contribution in [1.29, 1.82) is 0 Å². The van der Waals surface area contributed by atoms with E-state index in [1.54, 1.807) is 0 Å². The Labute approximate surface area is 115 Å². The summed E-state index contributed by atoms with van der Waals surface area (Å²) in [4.78, 5) is 0. The van der Waals surface area contributed by atoms with Gasteiger partial charge in [-0.15, -0.1) is 0 Å². The van der Waals surface area contributed by atoms with Gasteiger partial charge in [-0.1, -0.05) is 31.2 Å². The zero-order valence-corrected chi connectivity index (χ0v) is 12.1. The summed E-state index contributed by atoms with van der Waals surface area (Å²) in [5.74, 6) is 0. The number of aromatic nitrogens is 2. The van der Waals surface area contributed by atoms with Gasteiger partial charge >= 0.3 is 0 Å². The molecular formula is C16H23N3. The standard InChI is InChI=1S/C16H23N3/c1-4-14-6-8-16(9-7-14)13(3)17-10-15-11-18-19(5-2)12-15/h6-9,11-13,17H,4-5,10H2,1-3H3. The van der Waals surface area contributed by atoms with Crippen LogP contribution in [0.5, 0.6) is 0 Å². The maximum atomic E-state index is 4.28. The first-order chi connectivity index (χ1) is 9.22. The van der Waals surface area contributed by atoms with Crippen molar-refractivity contribution in [2.45, 2.75) is 46.3 Å². The second-order valence-corrected chi connectivity index (χ2v) is 4.90. The lowest BCUT2D eigenvalue weighted by Gasteiger charge is -2.14. The molecule has 2 aromatic rings. The molecule has 0 aliphatic heterocycles. The fraction of sp³-hybridized carbons (Fsp3) is 0.438. The van der Waals surface area contributed by atoms with Crippen molar-refractivity contribution in [2.24, 2.45) is 0 Å². The van der Waals surface area contributed by atoms with Gasteiger partial charge in [0, 0.05) is 30.9 Å². The molecule has 1 aromatic heterocycles. The summed E-state index contributed by atoms with van der Waals surface area (Å²) in [6.45, 7) is 8.26. The third kappa shape index (κ3) is 3.67. The maximum Gasteiger partial charge on any atom is 0.0534 e. The first-order valence-electron chi connectivity index (χ1n) is 7.06. The number of hydrogen-bond donors (Lipinski definition) is 1. The molecule has 0 amide bonds. The second kappa shape index (κ2) is 6.53. The minimum atomic E-state index is 0.357.